The molecule has 3 rings (SSSR count). The van der Waals surface area contributed by atoms with Crippen molar-refractivity contribution in [1.82, 2.24) is 0 Å². The lowest BCUT2D eigenvalue weighted by molar-refractivity contribution is 0.102. The van der Waals surface area contributed by atoms with Gasteiger partial charge in [0.05, 0.1) is 4.58 Å². The van der Waals surface area contributed by atoms with E-state index in [9.17, 15) is 4.79 Å². The van der Waals surface area contributed by atoms with E-state index in [0.717, 1.165) is 24.1 Å². The maximum Gasteiger partial charge on any atom is 0.255 e. The van der Waals surface area contributed by atoms with Gasteiger partial charge in [-0.25, -0.2) is 0 Å². The van der Waals surface area contributed by atoms with Crippen LogP contribution in [0.5, 0.6) is 0 Å². The summed E-state index contributed by atoms with van der Waals surface area (Å²) in [6, 6.07) is 14.4. The minimum Gasteiger partial charge on any atom is -0.321 e. The number of amides is 1. The molecule has 1 saturated heterocycles. The molecule has 0 atom stereocenters. The van der Waals surface area contributed by atoms with Gasteiger partial charge in [0.25, 0.3) is 5.91 Å². The first-order valence-corrected chi connectivity index (χ1v) is 11.1. The van der Waals surface area contributed by atoms with Crippen LogP contribution in [0.4, 0.5) is 5.69 Å². The fourth-order valence-corrected chi connectivity index (χ4v) is 5.95. The van der Waals surface area contributed by atoms with E-state index < -0.39 is 0 Å². The maximum atomic E-state index is 12.7. The first-order chi connectivity index (χ1) is 12.2. The van der Waals surface area contributed by atoms with Gasteiger partial charge in [0.2, 0.25) is 0 Å². The summed E-state index contributed by atoms with van der Waals surface area (Å²) < 4.78 is 0.512. The zero-order valence-electron chi connectivity index (χ0n) is 14.9. The Hall–Kier alpha value is -1.39. The molecule has 2 nitrogen and oxygen atoms in total. The number of aryl methyl sites for hydroxylation is 2. The summed E-state index contributed by atoms with van der Waals surface area (Å²) >= 11 is 4.01. The monoisotopic (exact) mass is 371 g/mol. The van der Waals surface area contributed by atoms with Crippen molar-refractivity contribution in [3.63, 3.8) is 0 Å². The summed E-state index contributed by atoms with van der Waals surface area (Å²) in [7, 11) is 0. The molecule has 25 heavy (non-hydrogen) atoms. The molecule has 0 unspecified atom stereocenters. The fraction of sp³-hybridized carbons (Fsp3) is 0.381. The molecule has 1 fully saturated rings. The van der Waals surface area contributed by atoms with E-state index in [-0.39, 0.29) is 5.91 Å². The number of nitrogens with one attached hydrogen (secondary N) is 1. The number of anilines is 1. The Morgan fingerprint density at radius 1 is 1.00 bits per heavy atom. The molecule has 0 aliphatic carbocycles. The number of rotatable bonds is 5. The van der Waals surface area contributed by atoms with Crippen LogP contribution in [0.2, 0.25) is 0 Å². The average Bonchev–Trinajstić information content (AvgIpc) is 2.69. The van der Waals surface area contributed by atoms with Crippen LogP contribution in [-0.2, 0) is 12.8 Å². The van der Waals surface area contributed by atoms with Crippen molar-refractivity contribution in [1.29, 1.82) is 0 Å². The van der Waals surface area contributed by atoms with E-state index in [0.29, 0.717) is 4.58 Å². The Balaban J connectivity index is 1.75. The summed E-state index contributed by atoms with van der Waals surface area (Å²) in [5.41, 5.74) is 5.41. The SMILES string of the molecule is CCc1cccc(CC)c1NC(=O)c1ccc(C2SCCCS2)cc1. The lowest BCUT2D eigenvalue weighted by atomic mass is 10.0. The third-order valence-corrected chi connectivity index (χ3v) is 7.52. The van der Waals surface area contributed by atoms with Crippen LogP contribution in [0.25, 0.3) is 0 Å². The molecular weight excluding hydrogens is 346 g/mol. The highest BCUT2D eigenvalue weighted by Gasteiger charge is 2.17. The van der Waals surface area contributed by atoms with Crippen LogP contribution in [0.15, 0.2) is 42.5 Å². The molecule has 0 bridgehead atoms. The topological polar surface area (TPSA) is 29.1 Å². The summed E-state index contributed by atoms with van der Waals surface area (Å²) in [5, 5.41) is 3.15. The standard InChI is InChI=1S/C21H25NOS2/c1-3-15-7-5-8-16(4-2)19(15)22-20(23)17-9-11-18(12-10-17)21-24-13-6-14-25-21/h5,7-12,21H,3-4,6,13-14H2,1-2H3,(H,22,23). The number of hydrogen-bond donors (Lipinski definition) is 1. The van der Waals surface area contributed by atoms with Crippen LogP contribution < -0.4 is 5.32 Å². The van der Waals surface area contributed by atoms with Gasteiger partial charge in [-0.2, -0.15) is 0 Å². The van der Waals surface area contributed by atoms with Crippen LogP contribution in [-0.4, -0.2) is 17.4 Å². The van der Waals surface area contributed by atoms with Crippen LogP contribution in [0, 0.1) is 0 Å². The van der Waals surface area contributed by atoms with E-state index in [1.165, 1.54) is 34.6 Å². The molecule has 0 aromatic heterocycles. The quantitative estimate of drug-likeness (QED) is 0.706. The summed E-state index contributed by atoms with van der Waals surface area (Å²) in [6.45, 7) is 4.25. The first kappa shape index (κ1) is 18.4. The van der Waals surface area contributed by atoms with Crippen molar-refractivity contribution < 1.29 is 4.79 Å². The lowest BCUT2D eigenvalue weighted by Crippen LogP contribution is -2.15. The number of para-hydroxylation sites is 1. The van der Waals surface area contributed by atoms with Gasteiger partial charge in [-0.05, 0) is 59.6 Å². The second-order valence-electron chi connectivity index (χ2n) is 6.16. The van der Waals surface area contributed by atoms with Gasteiger partial charge in [-0.3, -0.25) is 4.79 Å². The molecule has 0 spiro atoms. The van der Waals surface area contributed by atoms with Crippen LogP contribution in [0.3, 0.4) is 0 Å². The molecule has 1 N–H and O–H groups in total. The van der Waals surface area contributed by atoms with Crippen molar-refractivity contribution >= 4 is 35.1 Å². The van der Waals surface area contributed by atoms with E-state index in [2.05, 4.69) is 49.5 Å². The Bertz CT molecular complexity index is 699. The highest BCUT2D eigenvalue weighted by Crippen LogP contribution is 2.43. The van der Waals surface area contributed by atoms with Gasteiger partial charge >= 0.3 is 0 Å². The largest absolute Gasteiger partial charge is 0.321 e. The Labute approximate surface area is 159 Å². The normalized spacial score (nSPS) is 15.1. The minimum absolute atomic E-state index is 0.0221. The minimum atomic E-state index is -0.0221. The van der Waals surface area contributed by atoms with Crippen molar-refractivity contribution in [2.45, 2.75) is 37.7 Å². The molecule has 1 aliphatic rings. The van der Waals surface area contributed by atoms with E-state index in [4.69, 9.17) is 0 Å². The Morgan fingerprint density at radius 3 is 2.16 bits per heavy atom. The third kappa shape index (κ3) is 4.42. The number of thioether (sulfide) groups is 2. The van der Waals surface area contributed by atoms with Crippen molar-refractivity contribution in [3.05, 3.63) is 64.7 Å². The Morgan fingerprint density at radius 2 is 1.60 bits per heavy atom. The predicted molar refractivity (Wildman–Crippen MR) is 112 cm³/mol. The average molecular weight is 372 g/mol. The van der Waals surface area contributed by atoms with Gasteiger partial charge in [-0.15, -0.1) is 23.5 Å². The van der Waals surface area contributed by atoms with Gasteiger partial charge in [0.15, 0.2) is 0 Å². The van der Waals surface area contributed by atoms with Crippen molar-refractivity contribution in [2.75, 3.05) is 16.8 Å². The lowest BCUT2D eigenvalue weighted by Gasteiger charge is -2.21. The molecule has 1 amide bonds. The smallest absolute Gasteiger partial charge is 0.255 e. The fourth-order valence-electron chi connectivity index (χ4n) is 3.06. The van der Waals surface area contributed by atoms with Crippen LogP contribution in [0.1, 0.15) is 51.9 Å². The highest BCUT2D eigenvalue weighted by molar-refractivity contribution is 8.16. The van der Waals surface area contributed by atoms with Gasteiger partial charge in [-0.1, -0.05) is 44.2 Å². The number of benzene rings is 2. The van der Waals surface area contributed by atoms with E-state index >= 15 is 0 Å². The molecule has 1 aliphatic heterocycles. The number of carbonyl (C=O) groups excluding carboxylic acids is 1. The molecule has 2 aromatic carbocycles. The first-order valence-electron chi connectivity index (χ1n) is 8.98. The molecule has 2 aromatic rings. The Kier molecular flexibility index (Phi) is 6.49. The molecule has 1 heterocycles. The number of hydrogen-bond acceptors (Lipinski definition) is 3. The molecule has 4 heteroatoms. The highest BCUT2D eigenvalue weighted by atomic mass is 32.2. The number of carbonyl (C=O) groups is 1. The molecule has 0 radical (unpaired) electrons. The van der Waals surface area contributed by atoms with Gasteiger partial charge in [0.1, 0.15) is 0 Å². The van der Waals surface area contributed by atoms with E-state index in [1.54, 1.807) is 0 Å². The second kappa shape index (κ2) is 8.81. The summed E-state index contributed by atoms with van der Waals surface area (Å²) in [6.07, 6.45) is 3.12. The zero-order chi connectivity index (χ0) is 17.6. The summed E-state index contributed by atoms with van der Waals surface area (Å²) in [4.78, 5) is 12.7. The molecular formula is C21H25NOS2. The molecule has 132 valence electrons. The van der Waals surface area contributed by atoms with Crippen molar-refractivity contribution in [2.24, 2.45) is 0 Å². The van der Waals surface area contributed by atoms with E-state index in [1.807, 2.05) is 35.7 Å². The van der Waals surface area contributed by atoms with Crippen LogP contribution >= 0.6 is 23.5 Å². The zero-order valence-corrected chi connectivity index (χ0v) is 16.5. The van der Waals surface area contributed by atoms with Crippen molar-refractivity contribution in [3.8, 4) is 0 Å². The summed E-state index contributed by atoms with van der Waals surface area (Å²) in [5.74, 6) is 2.44. The molecule has 0 saturated carbocycles. The second-order valence-corrected chi connectivity index (χ2v) is 8.89. The maximum absolute atomic E-state index is 12.7. The van der Waals surface area contributed by atoms with Gasteiger partial charge in [0, 0.05) is 11.3 Å². The van der Waals surface area contributed by atoms with Gasteiger partial charge < -0.3 is 5.32 Å². The predicted octanol–water partition coefficient (Wildman–Crippen LogP) is 5.93. The third-order valence-electron chi connectivity index (χ3n) is 4.51.